The number of anilines is 2. The quantitative estimate of drug-likeness (QED) is 0.877. The first-order valence-electron chi connectivity index (χ1n) is 5.10. The molecule has 0 bridgehead atoms. The van der Waals surface area contributed by atoms with Gasteiger partial charge in [0.2, 0.25) is 0 Å². The van der Waals surface area contributed by atoms with E-state index in [1.165, 1.54) is 6.07 Å². The molecule has 0 aliphatic heterocycles. The Kier molecular flexibility index (Phi) is 3.71. The molecule has 0 spiro atoms. The topological polar surface area (TPSA) is 75.4 Å². The van der Waals surface area contributed by atoms with Crippen molar-refractivity contribution in [1.29, 1.82) is 0 Å². The summed E-state index contributed by atoms with van der Waals surface area (Å²) in [4.78, 5) is 14.2. The van der Waals surface area contributed by atoms with Crippen LogP contribution in [0.4, 0.5) is 24.9 Å². The molecule has 0 saturated heterocycles. The fourth-order valence-corrected chi connectivity index (χ4v) is 1.69. The highest BCUT2D eigenvalue weighted by molar-refractivity contribution is 9.10. The summed E-state index contributed by atoms with van der Waals surface area (Å²) in [6, 6.07) is 2.76. The fraction of sp³-hybridized carbons (Fsp3) is 0.0909. The lowest BCUT2D eigenvalue weighted by molar-refractivity contribution is -0.137. The molecule has 20 heavy (non-hydrogen) atoms. The van der Waals surface area contributed by atoms with Crippen molar-refractivity contribution >= 4 is 33.6 Å². The second-order valence-corrected chi connectivity index (χ2v) is 4.51. The zero-order chi connectivity index (χ0) is 14.9. The maximum atomic E-state index is 12.6. The SMILES string of the molecule is O=C(O)c1coc(Nc2cc(C(F)(F)F)ccc2Br)n1. The average Bonchev–Trinajstić information content (AvgIpc) is 2.79. The lowest BCUT2D eigenvalue weighted by Gasteiger charge is -2.10. The number of hydrogen-bond acceptors (Lipinski definition) is 4. The van der Waals surface area contributed by atoms with Crippen molar-refractivity contribution in [3.8, 4) is 0 Å². The Hall–Kier alpha value is -2.03. The summed E-state index contributed by atoms with van der Waals surface area (Å²) in [5.41, 5.74) is -1.15. The van der Waals surface area contributed by atoms with E-state index in [-0.39, 0.29) is 17.4 Å². The maximum Gasteiger partial charge on any atom is 0.416 e. The van der Waals surface area contributed by atoms with Crippen LogP contribution in [0.25, 0.3) is 0 Å². The molecule has 0 fully saturated rings. The van der Waals surface area contributed by atoms with E-state index in [9.17, 15) is 18.0 Å². The van der Waals surface area contributed by atoms with Gasteiger partial charge in [-0.15, -0.1) is 0 Å². The van der Waals surface area contributed by atoms with Crippen molar-refractivity contribution in [1.82, 2.24) is 4.98 Å². The van der Waals surface area contributed by atoms with Gasteiger partial charge in [0.25, 0.3) is 6.01 Å². The van der Waals surface area contributed by atoms with E-state index < -0.39 is 17.7 Å². The molecule has 1 aromatic carbocycles. The molecule has 2 aromatic rings. The van der Waals surface area contributed by atoms with Crippen LogP contribution in [0.5, 0.6) is 0 Å². The molecule has 0 saturated carbocycles. The zero-order valence-electron chi connectivity index (χ0n) is 9.53. The smallest absolute Gasteiger partial charge is 0.416 e. The number of benzene rings is 1. The molecule has 0 aliphatic carbocycles. The molecule has 5 nitrogen and oxygen atoms in total. The second kappa shape index (κ2) is 5.16. The Morgan fingerprint density at radius 1 is 1.40 bits per heavy atom. The number of carboxylic acid groups (broad SMARTS) is 1. The molecule has 2 rings (SSSR count). The van der Waals surface area contributed by atoms with Gasteiger partial charge in [0.15, 0.2) is 5.69 Å². The van der Waals surface area contributed by atoms with Crippen LogP contribution in [0.1, 0.15) is 16.1 Å². The van der Waals surface area contributed by atoms with E-state index in [4.69, 9.17) is 9.52 Å². The number of aromatic carboxylic acids is 1. The summed E-state index contributed by atoms with van der Waals surface area (Å²) in [6.45, 7) is 0. The minimum atomic E-state index is -4.49. The molecule has 2 N–H and O–H groups in total. The summed E-state index contributed by atoms with van der Waals surface area (Å²) >= 11 is 3.07. The van der Waals surface area contributed by atoms with Gasteiger partial charge in [-0.3, -0.25) is 0 Å². The van der Waals surface area contributed by atoms with Crippen molar-refractivity contribution in [3.63, 3.8) is 0 Å². The number of rotatable bonds is 3. The third-order valence-corrected chi connectivity index (χ3v) is 2.95. The van der Waals surface area contributed by atoms with Gasteiger partial charge < -0.3 is 14.8 Å². The maximum absolute atomic E-state index is 12.6. The van der Waals surface area contributed by atoms with Gasteiger partial charge in [0.1, 0.15) is 6.26 Å². The van der Waals surface area contributed by atoms with Crippen LogP contribution in [0.3, 0.4) is 0 Å². The van der Waals surface area contributed by atoms with Crippen LogP contribution in [-0.4, -0.2) is 16.1 Å². The molecule has 0 aliphatic rings. The molecular weight excluding hydrogens is 345 g/mol. The number of oxazole rings is 1. The van der Waals surface area contributed by atoms with Crippen molar-refractivity contribution in [2.45, 2.75) is 6.18 Å². The second-order valence-electron chi connectivity index (χ2n) is 3.66. The Labute approximate surface area is 118 Å². The normalized spacial score (nSPS) is 11.4. The number of halogens is 4. The van der Waals surface area contributed by atoms with Gasteiger partial charge in [0, 0.05) is 4.47 Å². The third kappa shape index (κ3) is 3.10. The van der Waals surface area contributed by atoms with Gasteiger partial charge in [-0.2, -0.15) is 18.2 Å². The summed E-state index contributed by atoms with van der Waals surface area (Å²) in [7, 11) is 0. The van der Waals surface area contributed by atoms with E-state index in [1.807, 2.05) is 0 Å². The highest BCUT2D eigenvalue weighted by Gasteiger charge is 2.31. The predicted molar refractivity (Wildman–Crippen MR) is 65.9 cm³/mol. The summed E-state index contributed by atoms with van der Waals surface area (Å²) in [5.74, 6) is -1.30. The molecule has 106 valence electrons. The summed E-state index contributed by atoms with van der Waals surface area (Å²) in [5, 5.41) is 11.1. The van der Waals surface area contributed by atoms with Crippen LogP contribution < -0.4 is 5.32 Å². The number of alkyl halides is 3. The lowest BCUT2D eigenvalue weighted by Crippen LogP contribution is -2.05. The highest BCUT2D eigenvalue weighted by atomic mass is 79.9. The molecule has 1 aromatic heterocycles. The molecule has 0 amide bonds. The summed E-state index contributed by atoms with van der Waals surface area (Å²) < 4.78 is 42.9. The number of hydrogen-bond donors (Lipinski definition) is 2. The van der Waals surface area contributed by atoms with Crippen molar-refractivity contribution in [2.75, 3.05) is 5.32 Å². The van der Waals surface area contributed by atoms with Crippen LogP contribution in [0.15, 0.2) is 33.4 Å². The summed E-state index contributed by atoms with van der Waals surface area (Å²) in [6.07, 6.45) is -3.61. The first kappa shape index (κ1) is 14.4. The largest absolute Gasteiger partial charge is 0.476 e. The van der Waals surface area contributed by atoms with Gasteiger partial charge in [-0.1, -0.05) is 0 Å². The molecule has 9 heteroatoms. The lowest BCUT2D eigenvalue weighted by atomic mass is 10.2. The molecule has 0 radical (unpaired) electrons. The standard InChI is InChI=1S/C11H6BrF3N2O3/c12-6-2-1-5(11(13,14)15)3-7(6)16-10-17-8(4-20-10)9(18)19/h1-4H,(H,16,17)(H,18,19). The average molecular weight is 351 g/mol. The van der Waals surface area contributed by atoms with Crippen molar-refractivity contribution in [3.05, 3.63) is 40.2 Å². The predicted octanol–water partition coefficient (Wildman–Crippen LogP) is 3.90. The van der Waals surface area contributed by atoms with Gasteiger partial charge >= 0.3 is 12.1 Å². The monoisotopic (exact) mass is 350 g/mol. The first-order chi connectivity index (χ1) is 9.27. The van der Waals surface area contributed by atoms with E-state index in [2.05, 4.69) is 26.2 Å². The molecular formula is C11H6BrF3N2O3. The van der Waals surface area contributed by atoms with Gasteiger partial charge in [0.05, 0.1) is 11.3 Å². The number of nitrogens with zero attached hydrogens (tertiary/aromatic N) is 1. The number of aromatic nitrogens is 1. The Balaban J connectivity index is 2.30. The van der Waals surface area contributed by atoms with E-state index >= 15 is 0 Å². The molecule has 0 atom stereocenters. The fourth-order valence-electron chi connectivity index (χ4n) is 1.34. The highest BCUT2D eigenvalue weighted by Crippen LogP contribution is 2.34. The number of nitrogens with one attached hydrogen (secondary N) is 1. The Morgan fingerprint density at radius 2 is 2.10 bits per heavy atom. The third-order valence-electron chi connectivity index (χ3n) is 2.26. The zero-order valence-corrected chi connectivity index (χ0v) is 11.1. The van der Waals surface area contributed by atoms with Crippen LogP contribution in [-0.2, 0) is 6.18 Å². The van der Waals surface area contributed by atoms with E-state index in [1.54, 1.807) is 0 Å². The Morgan fingerprint density at radius 3 is 2.65 bits per heavy atom. The number of carbonyl (C=O) groups is 1. The minimum Gasteiger partial charge on any atom is -0.476 e. The van der Waals surface area contributed by atoms with Crippen LogP contribution in [0, 0.1) is 0 Å². The van der Waals surface area contributed by atoms with Crippen LogP contribution in [0.2, 0.25) is 0 Å². The number of carboxylic acids is 1. The molecule has 1 heterocycles. The van der Waals surface area contributed by atoms with E-state index in [0.717, 1.165) is 18.4 Å². The Bertz CT molecular complexity index is 655. The van der Waals surface area contributed by atoms with E-state index in [0.29, 0.717) is 4.47 Å². The first-order valence-corrected chi connectivity index (χ1v) is 5.89. The van der Waals surface area contributed by atoms with Crippen LogP contribution >= 0.6 is 15.9 Å². The molecule has 0 unspecified atom stereocenters. The minimum absolute atomic E-state index is 0.0543. The van der Waals surface area contributed by atoms with Crippen molar-refractivity contribution < 1.29 is 27.5 Å². The van der Waals surface area contributed by atoms with Gasteiger partial charge in [-0.25, -0.2) is 4.79 Å². The van der Waals surface area contributed by atoms with Gasteiger partial charge in [-0.05, 0) is 34.1 Å². The van der Waals surface area contributed by atoms with Crippen molar-refractivity contribution in [2.24, 2.45) is 0 Å².